The Kier molecular flexibility index (Phi) is 3.16. The van der Waals surface area contributed by atoms with Crippen LogP contribution >= 0.6 is 0 Å². The first-order valence-electron chi connectivity index (χ1n) is 5.47. The van der Waals surface area contributed by atoms with Gasteiger partial charge < -0.3 is 5.11 Å². The lowest BCUT2D eigenvalue weighted by molar-refractivity contribution is -0.0162. The molecule has 1 N–H and O–H groups in total. The largest absolute Gasteiger partial charge is 0.390 e. The van der Waals surface area contributed by atoms with Gasteiger partial charge in [0.1, 0.15) is 0 Å². The molecule has 0 amide bonds. The molecule has 0 spiro atoms. The molecule has 3 unspecified atom stereocenters. The maximum Gasteiger partial charge on any atom is 0.0676 e. The van der Waals surface area contributed by atoms with Gasteiger partial charge in [0.25, 0.3) is 0 Å². The van der Waals surface area contributed by atoms with Crippen LogP contribution in [-0.2, 0) is 0 Å². The van der Waals surface area contributed by atoms with Crippen molar-refractivity contribution in [1.29, 1.82) is 0 Å². The highest BCUT2D eigenvalue weighted by molar-refractivity contribution is 5.00. The summed E-state index contributed by atoms with van der Waals surface area (Å²) in [6.07, 6.45) is 6.04. The molecule has 0 radical (unpaired) electrons. The Morgan fingerprint density at radius 2 is 2.00 bits per heavy atom. The number of fused-ring (bicyclic) bond motifs is 2. The number of hydrogen-bond donors (Lipinski definition) is 1. The molecule has 0 aliphatic heterocycles. The topological polar surface area (TPSA) is 20.2 Å². The first-order chi connectivity index (χ1) is 5.74. The van der Waals surface area contributed by atoms with Gasteiger partial charge in [-0.2, -0.15) is 0 Å². The lowest BCUT2D eigenvalue weighted by Gasteiger charge is -2.31. The summed E-state index contributed by atoms with van der Waals surface area (Å²) < 4.78 is 0. The molecule has 1 heteroatoms. The highest BCUT2D eigenvalue weighted by atomic mass is 16.3. The molecule has 2 bridgehead atoms. The Morgan fingerprint density at radius 3 is 2.25 bits per heavy atom. The van der Waals surface area contributed by atoms with Gasteiger partial charge in [-0.1, -0.05) is 20.8 Å². The van der Waals surface area contributed by atoms with Crippen molar-refractivity contribution in [3.63, 3.8) is 0 Å². The Bertz CT molecular complexity index is 144. The quantitative estimate of drug-likeness (QED) is 0.641. The number of aliphatic hydroxyl groups is 1. The van der Waals surface area contributed by atoms with Crippen molar-refractivity contribution in [3.8, 4) is 0 Å². The average Bonchev–Trinajstić information content (AvgIpc) is 2.67. The Morgan fingerprint density at radius 1 is 1.33 bits per heavy atom. The van der Waals surface area contributed by atoms with Crippen molar-refractivity contribution in [3.05, 3.63) is 0 Å². The van der Waals surface area contributed by atoms with Crippen molar-refractivity contribution in [1.82, 2.24) is 0 Å². The molecular formula is C11H22O. The van der Waals surface area contributed by atoms with Crippen molar-refractivity contribution in [2.45, 2.75) is 58.5 Å². The average molecular weight is 170 g/mol. The molecule has 2 rings (SSSR count). The summed E-state index contributed by atoms with van der Waals surface area (Å²) in [5.74, 6) is 1.53. The lowest BCUT2D eigenvalue weighted by Crippen LogP contribution is -2.33. The molecule has 0 aromatic carbocycles. The standard InChI is InChI=1S/C9H16O.C2H6/c1-2-9(10)6-7-3-4-8(9)5-7;1-2/h7-8,10H,2-6H2,1H3;1-2H3. The second-order valence-corrected chi connectivity index (χ2v) is 4.04. The highest BCUT2D eigenvalue weighted by Gasteiger charge is 2.48. The third-order valence-electron chi connectivity index (χ3n) is 3.56. The zero-order chi connectivity index (χ0) is 9.19. The van der Waals surface area contributed by atoms with Crippen LogP contribution in [0.2, 0.25) is 0 Å². The van der Waals surface area contributed by atoms with Crippen molar-refractivity contribution >= 4 is 0 Å². The van der Waals surface area contributed by atoms with Crippen LogP contribution in [0.5, 0.6) is 0 Å². The van der Waals surface area contributed by atoms with E-state index in [9.17, 15) is 5.11 Å². The molecule has 2 fully saturated rings. The first-order valence-corrected chi connectivity index (χ1v) is 5.47. The van der Waals surface area contributed by atoms with Crippen LogP contribution in [0.15, 0.2) is 0 Å². The van der Waals surface area contributed by atoms with Crippen molar-refractivity contribution in [2.75, 3.05) is 0 Å². The van der Waals surface area contributed by atoms with Gasteiger partial charge >= 0.3 is 0 Å². The van der Waals surface area contributed by atoms with Gasteiger partial charge in [-0.05, 0) is 43.9 Å². The predicted octanol–water partition coefficient (Wildman–Crippen LogP) is 2.97. The molecule has 12 heavy (non-hydrogen) atoms. The van der Waals surface area contributed by atoms with E-state index in [4.69, 9.17) is 0 Å². The van der Waals surface area contributed by atoms with Gasteiger partial charge in [0.2, 0.25) is 0 Å². The maximum absolute atomic E-state index is 9.99. The zero-order valence-electron chi connectivity index (χ0n) is 8.64. The van der Waals surface area contributed by atoms with E-state index >= 15 is 0 Å². The molecule has 0 aromatic rings. The van der Waals surface area contributed by atoms with Gasteiger partial charge in [-0.15, -0.1) is 0 Å². The smallest absolute Gasteiger partial charge is 0.0676 e. The minimum absolute atomic E-state index is 0.247. The zero-order valence-corrected chi connectivity index (χ0v) is 8.64. The van der Waals surface area contributed by atoms with Crippen LogP contribution in [0, 0.1) is 11.8 Å². The second kappa shape index (κ2) is 3.78. The molecule has 0 heterocycles. The summed E-state index contributed by atoms with van der Waals surface area (Å²) in [5, 5.41) is 9.99. The molecule has 0 saturated heterocycles. The predicted molar refractivity (Wildman–Crippen MR) is 52.0 cm³/mol. The lowest BCUT2D eigenvalue weighted by atomic mass is 9.82. The summed E-state index contributed by atoms with van der Waals surface area (Å²) in [7, 11) is 0. The minimum atomic E-state index is -0.247. The van der Waals surface area contributed by atoms with Crippen LogP contribution in [0.4, 0.5) is 0 Å². The summed E-state index contributed by atoms with van der Waals surface area (Å²) in [4.78, 5) is 0. The second-order valence-electron chi connectivity index (χ2n) is 4.04. The summed E-state index contributed by atoms with van der Waals surface area (Å²) in [6.45, 7) is 6.11. The number of rotatable bonds is 1. The fourth-order valence-electron chi connectivity index (χ4n) is 2.85. The van der Waals surface area contributed by atoms with E-state index in [-0.39, 0.29) is 5.60 Å². The van der Waals surface area contributed by atoms with E-state index in [1.54, 1.807) is 0 Å². The van der Waals surface area contributed by atoms with Crippen LogP contribution in [-0.4, -0.2) is 10.7 Å². The Balaban J connectivity index is 0.000000336. The third kappa shape index (κ3) is 1.52. The Hall–Kier alpha value is -0.0400. The minimum Gasteiger partial charge on any atom is -0.390 e. The fourth-order valence-corrected chi connectivity index (χ4v) is 2.85. The first kappa shape index (κ1) is 10.0. The van der Waals surface area contributed by atoms with Gasteiger partial charge in [0.15, 0.2) is 0 Å². The van der Waals surface area contributed by atoms with Gasteiger partial charge in [-0.25, -0.2) is 0 Å². The van der Waals surface area contributed by atoms with Crippen LogP contribution in [0.3, 0.4) is 0 Å². The molecule has 2 saturated carbocycles. The van der Waals surface area contributed by atoms with E-state index in [1.165, 1.54) is 19.3 Å². The SMILES string of the molecule is CC.CCC1(O)CC2CCC1C2. The molecule has 72 valence electrons. The van der Waals surface area contributed by atoms with Gasteiger partial charge in [-0.3, -0.25) is 0 Å². The van der Waals surface area contributed by atoms with E-state index in [2.05, 4.69) is 6.92 Å². The third-order valence-corrected chi connectivity index (χ3v) is 3.56. The molecule has 3 atom stereocenters. The van der Waals surface area contributed by atoms with E-state index in [0.717, 1.165) is 18.8 Å². The molecule has 1 nitrogen and oxygen atoms in total. The van der Waals surface area contributed by atoms with Crippen molar-refractivity contribution in [2.24, 2.45) is 11.8 Å². The maximum atomic E-state index is 9.99. The molecule has 2 aliphatic rings. The monoisotopic (exact) mass is 170 g/mol. The van der Waals surface area contributed by atoms with Crippen LogP contribution < -0.4 is 0 Å². The molecule has 0 aromatic heterocycles. The summed E-state index contributed by atoms with van der Waals surface area (Å²) >= 11 is 0. The van der Waals surface area contributed by atoms with Crippen LogP contribution in [0.1, 0.15) is 52.9 Å². The summed E-state index contributed by atoms with van der Waals surface area (Å²) in [5.41, 5.74) is -0.247. The van der Waals surface area contributed by atoms with Gasteiger partial charge in [0.05, 0.1) is 5.60 Å². The van der Waals surface area contributed by atoms with Gasteiger partial charge in [0, 0.05) is 0 Å². The highest BCUT2D eigenvalue weighted by Crippen LogP contribution is 2.51. The van der Waals surface area contributed by atoms with Crippen molar-refractivity contribution < 1.29 is 5.11 Å². The van der Waals surface area contributed by atoms with Crippen LogP contribution in [0.25, 0.3) is 0 Å². The van der Waals surface area contributed by atoms with E-state index < -0.39 is 0 Å². The number of hydrogen-bond acceptors (Lipinski definition) is 1. The fraction of sp³-hybridized carbons (Fsp3) is 1.00. The Labute approximate surface area is 76.2 Å². The van der Waals surface area contributed by atoms with E-state index in [0.29, 0.717) is 5.92 Å². The molecular weight excluding hydrogens is 148 g/mol. The normalized spacial score (nSPS) is 44.0. The van der Waals surface area contributed by atoms with E-state index in [1.807, 2.05) is 13.8 Å². The molecule has 2 aliphatic carbocycles. The summed E-state index contributed by atoms with van der Waals surface area (Å²) in [6, 6.07) is 0.